The first-order valence-corrected chi connectivity index (χ1v) is 0. The molecule has 2 nitrogen and oxygen atoms in total. The standard InChI is InChI=1S/2ClH.2H3N.Na.Pt.H2/h2*1H;2*1H3;;;1H/q;;;;;+2;/p-2. The number of rotatable bonds is 0. The van der Waals surface area contributed by atoms with Gasteiger partial charge in [-0.15, -0.1) is 0 Å². The van der Waals surface area contributed by atoms with Crippen molar-refractivity contribution >= 4 is 29.6 Å². The largest absolute Gasteiger partial charge is 2.00 e. The Morgan fingerprint density at radius 2 is 0.833 bits per heavy atom. The first kappa shape index (κ1) is 88.4. The van der Waals surface area contributed by atoms with Crippen molar-refractivity contribution < 1.29 is 47.3 Å². The average molecular weight is 325 g/mol. The molecule has 1 radical (unpaired) electrons. The molecular formula is H8Cl2N2NaPt. The molecule has 0 unspecified atom stereocenters. The molecular weight excluding hydrogens is 317 g/mol. The molecule has 0 heterocycles. The van der Waals surface area contributed by atoms with Crippen LogP contribution < -0.4 is 37.1 Å². The molecule has 0 aromatic carbocycles. The van der Waals surface area contributed by atoms with E-state index in [0.717, 1.165) is 0 Å². The third-order valence-corrected chi connectivity index (χ3v) is 0. The van der Waals surface area contributed by atoms with E-state index in [1.165, 1.54) is 0 Å². The van der Waals surface area contributed by atoms with Crippen LogP contribution >= 0.6 is 0 Å². The van der Waals surface area contributed by atoms with Crippen molar-refractivity contribution in [1.29, 1.82) is 0 Å². The van der Waals surface area contributed by atoms with Crippen LogP contribution in [-0.2, 0) is 21.1 Å². The Hall–Kier alpha value is 2.19. The maximum atomic E-state index is 0. The smallest absolute Gasteiger partial charge is 1.00 e. The molecule has 0 spiro atoms. The molecule has 43 valence electrons. The van der Waals surface area contributed by atoms with E-state index in [9.17, 15) is 0 Å². The summed E-state index contributed by atoms with van der Waals surface area (Å²) >= 11 is 0. The first-order chi connectivity index (χ1) is 0. The van der Waals surface area contributed by atoms with Crippen LogP contribution in [0.2, 0.25) is 0 Å². The minimum absolute atomic E-state index is 0. The molecule has 6 heteroatoms. The van der Waals surface area contributed by atoms with E-state index in [4.69, 9.17) is 0 Å². The van der Waals surface area contributed by atoms with Gasteiger partial charge in [-0.2, -0.15) is 0 Å². The predicted octanol–water partition coefficient (Wildman–Crippen LogP) is -5.81. The Morgan fingerprint density at radius 1 is 0.833 bits per heavy atom. The Balaban J connectivity index is 0. The van der Waals surface area contributed by atoms with Gasteiger partial charge in [0.15, 0.2) is 0 Å². The third-order valence-electron chi connectivity index (χ3n) is 0. The van der Waals surface area contributed by atoms with E-state index >= 15 is 0 Å². The molecule has 6 heavy (non-hydrogen) atoms. The van der Waals surface area contributed by atoms with Gasteiger partial charge in [0.05, 0.1) is 0 Å². The fraction of sp³-hybridized carbons (Fsp3) is 0. The van der Waals surface area contributed by atoms with Crippen molar-refractivity contribution in [2.45, 2.75) is 0 Å². The summed E-state index contributed by atoms with van der Waals surface area (Å²) in [6.07, 6.45) is 0. The summed E-state index contributed by atoms with van der Waals surface area (Å²) in [6, 6.07) is 0. The van der Waals surface area contributed by atoms with Crippen molar-refractivity contribution in [2.24, 2.45) is 0 Å². The van der Waals surface area contributed by atoms with Crippen molar-refractivity contribution in [2.75, 3.05) is 0 Å². The number of hydrogen-bond donors (Lipinski definition) is 2. The summed E-state index contributed by atoms with van der Waals surface area (Å²) in [7, 11) is 0. The van der Waals surface area contributed by atoms with Crippen LogP contribution in [0, 0.1) is 0 Å². The van der Waals surface area contributed by atoms with Crippen LogP contribution in [-0.4, -0.2) is 29.6 Å². The normalized spacial score (nSPS) is 0. The molecule has 0 amide bonds. The molecule has 6 N–H and O–H groups in total. The zero-order valence-electron chi connectivity index (χ0n) is 3.49. The minimum Gasteiger partial charge on any atom is -1.00 e. The van der Waals surface area contributed by atoms with Crippen LogP contribution in [0.5, 0.6) is 0 Å². The SMILES string of the molecule is N.N.[Cl-].[Cl-].[HH].[Na].[Pt+2]. The van der Waals surface area contributed by atoms with Gasteiger partial charge in [-0.3, -0.25) is 0 Å². The second kappa shape index (κ2) is 57.5. The molecule has 0 atom stereocenters. The van der Waals surface area contributed by atoms with E-state index in [2.05, 4.69) is 0 Å². The van der Waals surface area contributed by atoms with E-state index < -0.39 is 0 Å². The van der Waals surface area contributed by atoms with Gasteiger partial charge in [-0.25, -0.2) is 0 Å². The molecule has 0 rings (SSSR count). The molecule has 0 aromatic rings. The Morgan fingerprint density at radius 3 is 0.833 bits per heavy atom. The van der Waals surface area contributed by atoms with Gasteiger partial charge in [0.2, 0.25) is 0 Å². The molecule has 0 aliphatic carbocycles. The topological polar surface area (TPSA) is 70.0 Å². The Labute approximate surface area is 88.2 Å². The van der Waals surface area contributed by atoms with Gasteiger partial charge in [0.1, 0.15) is 0 Å². The maximum absolute atomic E-state index is 0. The summed E-state index contributed by atoms with van der Waals surface area (Å²) in [6.45, 7) is 0. The molecule has 0 bridgehead atoms. The Bertz CT molecular complexity index is 15.7. The van der Waals surface area contributed by atoms with Crippen LogP contribution in [0.1, 0.15) is 1.43 Å². The molecule has 0 aliphatic heterocycles. The monoisotopic (exact) mass is 324 g/mol. The minimum atomic E-state index is 0. The molecule has 0 aromatic heterocycles. The second-order valence-electron chi connectivity index (χ2n) is 0. The summed E-state index contributed by atoms with van der Waals surface area (Å²) in [5.74, 6) is 0. The van der Waals surface area contributed by atoms with Crippen molar-refractivity contribution in [1.82, 2.24) is 12.3 Å². The third kappa shape index (κ3) is 34.8. The molecule has 0 fully saturated rings. The van der Waals surface area contributed by atoms with E-state index in [0.29, 0.717) is 0 Å². The average Bonchev–Trinajstić information content (AvgIpc) is 0. The van der Waals surface area contributed by atoms with Crippen LogP contribution in [0.25, 0.3) is 0 Å². The Kier molecular flexibility index (Phi) is 847. The first-order valence-electron chi connectivity index (χ1n) is 0. The van der Waals surface area contributed by atoms with Gasteiger partial charge < -0.3 is 37.1 Å². The maximum Gasteiger partial charge on any atom is 2.00 e. The second-order valence-corrected chi connectivity index (χ2v) is 0. The number of halogens is 2. The van der Waals surface area contributed by atoms with Crippen LogP contribution in [0.3, 0.4) is 0 Å². The van der Waals surface area contributed by atoms with E-state index in [1.807, 2.05) is 0 Å². The van der Waals surface area contributed by atoms with Crippen molar-refractivity contribution in [3.63, 3.8) is 0 Å². The predicted molar refractivity (Wildman–Crippen MR) is 17.9 cm³/mol. The quantitative estimate of drug-likeness (QED) is 0.436. The van der Waals surface area contributed by atoms with Crippen LogP contribution in [0.4, 0.5) is 0 Å². The summed E-state index contributed by atoms with van der Waals surface area (Å²) in [5, 5.41) is 0. The van der Waals surface area contributed by atoms with Gasteiger partial charge in [-0.05, 0) is 0 Å². The van der Waals surface area contributed by atoms with E-state index in [1.54, 1.807) is 0 Å². The van der Waals surface area contributed by atoms with Gasteiger partial charge in [-0.1, -0.05) is 0 Å². The summed E-state index contributed by atoms with van der Waals surface area (Å²) in [4.78, 5) is 0. The fourth-order valence-electron chi connectivity index (χ4n) is 0. The van der Waals surface area contributed by atoms with Gasteiger partial charge >= 0.3 is 21.1 Å². The fourth-order valence-corrected chi connectivity index (χ4v) is 0. The summed E-state index contributed by atoms with van der Waals surface area (Å²) < 4.78 is 0. The molecule has 0 saturated carbocycles. The number of hydrogen-bond acceptors (Lipinski definition) is 2. The van der Waals surface area contributed by atoms with Crippen molar-refractivity contribution in [3.8, 4) is 0 Å². The van der Waals surface area contributed by atoms with E-state index in [-0.39, 0.29) is 89.2 Å². The van der Waals surface area contributed by atoms with Gasteiger partial charge in [0, 0.05) is 31.0 Å². The van der Waals surface area contributed by atoms with Crippen LogP contribution in [0.15, 0.2) is 0 Å². The van der Waals surface area contributed by atoms with Gasteiger partial charge in [0.25, 0.3) is 0 Å². The molecule has 0 aliphatic rings. The zero-order valence-corrected chi connectivity index (χ0v) is 9.27. The zero-order chi connectivity index (χ0) is 0. The molecule has 0 saturated heterocycles. The summed E-state index contributed by atoms with van der Waals surface area (Å²) in [5.41, 5.74) is 0. The van der Waals surface area contributed by atoms with Crippen molar-refractivity contribution in [3.05, 3.63) is 0 Å².